The molecular formula is C21H39N3O8S3. The second kappa shape index (κ2) is 23.0. The van der Waals surface area contributed by atoms with E-state index in [1.807, 2.05) is 18.8 Å². The van der Waals surface area contributed by atoms with E-state index in [0.717, 1.165) is 6.08 Å². The normalized spacial score (nSPS) is 13.0. The monoisotopic (exact) mass is 557 g/mol. The second-order valence-electron chi connectivity index (χ2n) is 7.03. The number of ether oxygens (including phenoxy) is 3. The molecule has 0 aliphatic rings. The predicted octanol–water partition coefficient (Wildman–Crippen LogP) is 0.483. The highest BCUT2D eigenvalue weighted by atomic mass is 32.2. The highest BCUT2D eigenvalue weighted by Crippen LogP contribution is 2.07. The summed E-state index contributed by atoms with van der Waals surface area (Å²) in [6, 6.07) is -2.38. The van der Waals surface area contributed by atoms with Gasteiger partial charge in [-0.05, 0) is 55.3 Å². The van der Waals surface area contributed by atoms with Gasteiger partial charge in [-0.25, -0.2) is 4.79 Å². The Morgan fingerprint density at radius 1 is 0.771 bits per heavy atom. The van der Waals surface area contributed by atoms with Crippen molar-refractivity contribution < 1.29 is 38.5 Å². The van der Waals surface area contributed by atoms with E-state index < -0.39 is 48.1 Å². The number of carboxylic acid groups (broad SMARTS) is 1. The first-order chi connectivity index (χ1) is 16.5. The maximum atomic E-state index is 12.2. The van der Waals surface area contributed by atoms with Crippen LogP contribution in [0.2, 0.25) is 0 Å². The first-order valence-corrected chi connectivity index (χ1v) is 14.8. The van der Waals surface area contributed by atoms with Crippen LogP contribution in [0.25, 0.3) is 0 Å². The van der Waals surface area contributed by atoms with Crippen LogP contribution in [0.4, 0.5) is 0 Å². The standard InChI is InChI=1S/C18H35N3O6S3.C3H4O2/c1-28-7-4-13(19)16(22)25-10-12(27-18(24)15(21)6-9-30-3)11-26-17(23)14(20)5-8-29-2;1-2-3(4)5/h12-15H,4-11,19-21H2,1-3H3;2H,1H2,(H,4,5)/t13-,14-,15-;/m0./s1. The smallest absolute Gasteiger partial charge is 0.327 e. The number of rotatable bonds is 18. The molecule has 0 saturated heterocycles. The third-order valence-corrected chi connectivity index (χ3v) is 6.02. The largest absolute Gasteiger partial charge is 0.478 e. The molecule has 0 amide bonds. The Kier molecular flexibility index (Phi) is 23.4. The van der Waals surface area contributed by atoms with Crippen molar-refractivity contribution in [1.29, 1.82) is 0 Å². The van der Waals surface area contributed by atoms with Crippen LogP contribution in [0.5, 0.6) is 0 Å². The molecule has 35 heavy (non-hydrogen) atoms. The van der Waals surface area contributed by atoms with Crippen molar-refractivity contribution in [3.8, 4) is 0 Å². The molecule has 0 saturated carbocycles. The molecule has 0 aliphatic carbocycles. The van der Waals surface area contributed by atoms with E-state index in [1.165, 1.54) is 0 Å². The summed E-state index contributed by atoms with van der Waals surface area (Å²) >= 11 is 4.69. The first kappa shape index (κ1) is 35.7. The molecule has 0 aromatic rings. The lowest BCUT2D eigenvalue weighted by Gasteiger charge is -2.21. The Morgan fingerprint density at radius 3 is 1.37 bits per heavy atom. The number of hydrogen-bond donors (Lipinski definition) is 4. The summed E-state index contributed by atoms with van der Waals surface area (Å²) in [5.41, 5.74) is 17.4. The van der Waals surface area contributed by atoms with Crippen molar-refractivity contribution in [1.82, 2.24) is 0 Å². The van der Waals surface area contributed by atoms with Gasteiger partial charge < -0.3 is 36.5 Å². The minimum atomic E-state index is -0.994. The molecule has 0 heterocycles. The van der Waals surface area contributed by atoms with Gasteiger partial charge in [-0.1, -0.05) is 6.58 Å². The summed E-state index contributed by atoms with van der Waals surface area (Å²) in [7, 11) is 0. The van der Waals surface area contributed by atoms with Crippen molar-refractivity contribution >= 4 is 59.2 Å². The van der Waals surface area contributed by atoms with E-state index in [4.69, 9.17) is 36.5 Å². The number of thioether (sulfide) groups is 3. The number of aliphatic carboxylic acids is 1. The van der Waals surface area contributed by atoms with Crippen molar-refractivity contribution in [2.75, 3.05) is 49.2 Å². The number of carboxylic acids is 1. The number of esters is 3. The third-order valence-electron chi connectivity index (χ3n) is 4.09. The van der Waals surface area contributed by atoms with Crippen LogP contribution in [0.1, 0.15) is 19.3 Å². The number of nitrogens with two attached hydrogens (primary N) is 3. The van der Waals surface area contributed by atoms with Crippen LogP contribution in [-0.2, 0) is 33.4 Å². The molecule has 0 aromatic carbocycles. The Balaban J connectivity index is 0. The van der Waals surface area contributed by atoms with E-state index in [-0.39, 0.29) is 13.2 Å². The summed E-state index contributed by atoms with van der Waals surface area (Å²) in [5, 5.41) is 7.60. The maximum Gasteiger partial charge on any atom is 0.327 e. The van der Waals surface area contributed by atoms with Crippen LogP contribution in [0.15, 0.2) is 12.7 Å². The molecule has 0 unspecified atom stereocenters. The number of carbonyl (C=O) groups is 4. The Labute approximate surface area is 220 Å². The minimum absolute atomic E-state index is 0.292. The van der Waals surface area contributed by atoms with Crippen LogP contribution in [0, 0.1) is 0 Å². The van der Waals surface area contributed by atoms with Gasteiger partial charge in [-0.3, -0.25) is 14.4 Å². The second-order valence-corrected chi connectivity index (χ2v) is 9.98. The van der Waals surface area contributed by atoms with Crippen molar-refractivity contribution in [3.63, 3.8) is 0 Å². The zero-order chi connectivity index (χ0) is 27.2. The quantitative estimate of drug-likeness (QED) is 0.103. The van der Waals surface area contributed by atoms with Crippen molar-refractivity contribution in [2.45, 2.75) is 43.5 Å². The highest BCUT2D eigenvalue weighted by Gasteiger charge is 2.25. The van der Waals surface area contributed by atoms with Gasteiger partial charge >= 0.3 is 23.9 Å². The summed E-state index contributed by atoms with van der Waals surface area (Å²) in [5.74, 6) is -0.738. The van der Waals surface area contributed by atoms with E-state index in [2.05, 4.69) is 6.58 Å². The molecule has 204 valence electrons. The van der Waals surface area contributed by atoms with Gasteiger partial charge in [0.2, 0.25) is 0 Å². The average molecular weight is 558 g/mol. The van der Waals surface area contributed by atoms with Crippen LogP contribution in [0.3, 0.4) is 0 Å². The van der Waals surface area contributed by atoms with Gasteiger partial charge in [0.25, 0.3) is 0 Å². The topological polar surface area (TPSA) is 194 Å². The maximum absolute atomic E-state index is 12.2. The summed E-state index contributed by atoms with van der Waals surface area (Å²) in [6.45, 7) is 2.38. The Bertz CT molecular complexity index is 613. The van der Waals surface area contributed by atoms with Crippen molar-refractivity contribution in [3.05, 3.63) is 12.7 Å². The SMILES string of the molecule is C=CC(=O)O.CSCC[C@H](N)C(=O)OCC(COC(=O)[C@@H](N)CCSC)OC(=O)[C@@H](N)CCSC. The van der Waals surface area contributed by atoms with E-state index in [0.29, 0.717) is 36.5 Å². The minimum Gasteiger partial charge on any atom is -0.478 e. The van der Waals surface area contributed by atoms with E-state index >= 15 is 0 Å². The van der Waals surface area contributed by atoms with Gasteiger partial charge in [-0.15, -0.1) is 0 Å². The lowest BCUT2D eigenvalue weighted by atomic mass is 10.2. The molecule has 0 rings (SSSR count). The molecule has 7 N–H and O–H groups in total. The number of hydrogen-bond acceptors (Lipinski definition) is 13. The summed E-state index contributed by atoms with van der Waals surface area (Å²) in [6.07, 6.45) is 6.92. The van der Waals surface area contributed by atoms with Crippen LogP contribution >= 0.6 is 35.3 Å². The zero-order valence-corrected chi connectivity index (χ0v) is 23.0. The molecule has 0 bridgehead atoms. The van der Waals surface area contributed by atoms with Crippen LogP contribution < -0.4 is 17.2 Å². The van der Waals surface area contributed by atoms with E-state index in [1.54, 1.807) is 35.3 Å². The van der Waals surface area contributed by atoms with Gasteiger partial charge in [0.15, 0.2) is 6.10 Å². The first-order valence-electron chi connectivity index (χ1n) is 10.7. The highest BCUT2D eigenvalue weighted by molar-refractivity contribution is 7.98. The van der Waals surface area contributed by atoms with Gasteiger partial charge in [0.05, 0.1) is 0 Å². The molecule has 0 aliphatic heterocycles. The Morgan fingerprint density at radius 2 is 1.09 bits per heavy atom. The number of carbonyl (C=O) groups excluding carboxylic acids is 3. The fraction of sp³-hybridized carbons (Fsp3) is 0.714. The van der Waals surface area contributed by atoms with E-state index in [9.17, 15) is 19.2 Å². The molecule has 0 radical (unpaired) electrons. The van der Waals surface area contributed by atoms with Gasteiger partial charge in [-0.2, -0.15) is 35.3 Å². The van der Waals surface area contributed by atoms with Gasteiger partial charge in [0.1, 0.15) is 31.3 Å². The molecule has 0 aromatic heterocycles. The predicted molar refractivity (Wildman–Crippen MR) is 143 cm³/mol. The Hall–Kier alpha value is -1.45. The average Bonchev–Trinajstić information content (AvgIpc) is 2.85. The van der Waals surface area contributed by atoms with Gasteiger partial charge in [0, 0.05) is 6.08 Å². The molecule has 14 heteroatoms. The van der Waals surface area contributed by atoms with Crippen molar-refractivity contribution in [2.24, 2.45) is 17.2 Å². The summed E-state index contributed by atoms with van der Waals surface area (Å²) < 4.78 is 15.6. The fourth-order valence-electron chi connectivity index (χ4n) is 2.02. The molecule has 3 atom stereocenters. The van der Waals surface area contributed by atoms with Crippen LogP contribution in [-0.4, -0.2) is 102 Å². The summed E-state index contributed by atoms with van der Waals surface area (Å²) in [4.78, 5) is 45.5. The third kappa shape index (κ3) is 20.4. The molecule has 0 fully saturated rings. The molecular weight excluding hydrogens is 518 g/mol. The fourth-order valence-corrected chi connectivity index (χ4v) is 3.49. The lowest BCUT2D eigenvalue weighted by Crippen LogP contribution is -2.41. The lowest BCUT2D eigenvalue weighted by molar-refractivity contribution is -0.168. The zero-order valence-electron chi connectivity index (χ0n) is 20.5. The molecule has 0 spiro atoms. The molecule has 11 nitrogen and oxygen atoms in total.